The lowest BCUT2D eigenvalue weighted by molar-refractivity contribution is 0.380. The van der Waals surface area contributed by atoms with E-state index in [-0.39, 0.29) is 24.0 Å². The highest BCUT2D eigenvalue weighted by Gasteiger charge is 2.18. The Kier molecular flexibility index (Phi) is 7.77. The maximum atomic E-state index is 6.15. The van der Waals surface area contributed by atoms with Gasteiger partial charge < -0.3 is 20.3 Å². The lowest BCUT2D eigenvalue weighted by atomic mass is 10.2. The van der Waals surface area contributed by atoms with E-state index in [0.29, 0.717) is 18.4 Å². The lowest BCUT2D eigenvalue weighted by Crippen LogP contribution is -2.51. The molecule has 0 amide bonds. The fraction of sp³-hybridized carbons (Fsp3) is 0.333. The minimum Gasteiger partial charge on any atom is -0.481 e. The third-order valence-corrected chi connectivity index (χ3v) is 4.44. The topological polar surface area (TPSA) is 67.0 Å². The van der Waals surface area contributed by atoms with Crippen molar-refractivity contribution < 1.29 is 4.74 Å². The van der Waals surface area contributed by atoms with Crippen molar-refractivity contribution in [2.75, 3.05) is 38.2 Å². The summed E-state index contributed by atoms with van der Waals surface area (Å²) >= 11 is 5.95. The lowest BCUT2D eigenvalue weighted by Gasteiger charge is -2.36. The van der Waals surface area contributed by atoms with E-state index in [1.807, 2.05) is 42.5 Å². The molecule has 0 bridgehead atoms. The van der Waals surface area contributed by atoms with Crippen molar-refractivity contribution in [3.05, 3.63) is 53.2 Å². The number of hydrogen-bond acceptors (Lipinski definition) is 4. The average Bonchev–Trinajstić information content (AvgIpc) is 2.67. The van der Waals surface area contributed by atoms with Gasteiger partial charge in [-0.25, -0.2) is 9.98 Å². The molecule has 26 heavy (non-hydrogen) atoms. The van der Waals surface area contributed by atoms with Crippen LogP contribution in [0, 0.1) is 0 Å². The highest BCUT2D eigenvalue weighted by Crippen LogP contribution is 2.19. The first-order valence-electron chi connectivity index (χ1n) is 8.21. The number of nitrogens with two attached hydrogens (primary N) is 1. The largest absolute Gasteiger partial charge is 0.481 e. The molecule has 8 heteroatoms. The predicted molar refractivity (Wildman–Crippen MR) is 117 cm³/mol. The van der Waals surface area contributed by atoms with E-state index >= 15 is 0 Å². The second-order valence-corrected chi connectivity index (χ2v) is 6.23. The van der Waals surface area contributed by atoms with Crippen LogP contribution in [0.4, 0.5) is 5.69 Å². The number of halogens is 2. The van der Waals surface area contributed by atoms with Crippen LogP contribution >= 0.6 is 35.6 Å². The number of nitrogens with zero attached hydrogens (tertiary/aromatic N) is 4. The van der Waals surface area contributed by atoms with Crippen molar-refractivity contribution in [2.24, 2.45) is 10.7 Å². The maximum absolute atomic E-state index is 6.15. The first-order chi connectivity index (χ1) is 12.2. The van der Waals surface area contributed by atoms with E-state index in [0.717, 1.165) is 36.9 Å². The maximum Gasteiger partial charge on any atom is 0.213 e. The fourth-order valence-corrected chi connectivity index (χ4v) is 2.89. The van der Waals surface area contributed by atoms with E-state index in [1.54, 1.807) is 7.11 Å². The van der Waals surface area contributed by atoms with Crippen molar-refractivity contribution in [3.8, 4) is 5.88 Å². The molecule has 3 rings (SSSR count). The Bertz CT molecular complexity index is 733. The number of ether oxygens (including phenoxy) is 1. The number of hydrogen-bond donors (Lipinski definition) is 1. The predicted octanol–water partition coefficient (Wildman–Crippen LogP) is 3.00. The van der Waals surface area contributed by atoms with Crippen molar-refractivity contribution in [2.45, 2.75) is 6.54 Å². The van der Waals surface area contributed by atoms with Gasteiger partial charge in [0.1, 0.15) is 0 Å². The Labute approximate surface area is 176 Å². The Hall–Kier alpha value is -1.74. The molecule has 1 aromatic carbocycles. The Morgan fingerprint density at radius 2 is 1.85 bits per heavy atom. The summed E-state index contributed by atoms with van der Waals surface area (Å²) in [4.78, 5) is 13.2. The van der Waals surface area contributed by atoms with E-state index in [2.05, 4.69) is 19.8 Å². The summed E-state index contributed by atoms with van der Waals surface area (Å²) in [5.74, 6) is 1.14. The SMILES string of the molecule is COc1cccc(CN=C(N)N2CCN(c3ccc(Cl)cc3)CC2)n1.I. The van der Waals surface area contributed by atoms with Gasteiger partial charge in [0, 0.05) is 43.0 Å². The smallest absolute Gasteiger partial charge is 0.213 e. The van der Waals surface area contributed by atoms with Gasteiger partial charge in [-0.05, 0) is 30.3 Å². The molecule has 1 aliphatic rings. The minimum absolute atomic E-state index is 0. The molecular weight excluding hydrogens is 465 g/mol. The summed E-state index contributed by atoms with van der Waals surface area (Å²) in [5.41, 5.74) is 8.17. The van der Waals surface area contributed by atoms with E-state index in [1.165, 1.54) is 5.69 Å². The molecule has 0 saturated carbocycles. The molecule has 2 aromatic rings. The molecule has 1 saturated heterocycles. The van der Waals surface area contributed by atoms with Crippen LogP contribution in [0.5, 0.6) is 5.88 Å². The second-order valence-electron chi connectivity index (χ2n) is 5.80. The number of benzene rings is 1. The second kappa shape index (κ2) is 9.82. The molecule has 0 spiro atoms. The van der Waals surface area contributed by atoms with E-state index in [4.69, 9.17) is 22.1 Å². The van der Waals surface area contributed by atoms with Crippen molar-refractivity contribution in [1.82, 2.24) is 9.88 Å². The van der Waals surface area contributed by atoms with Gasteiger partial charge in [0.05, 0.1) is 19.3 Å². The summed E-state index contributed by atoms with van der Waals surface area (Å²) in [7, 11) is 1.60. The monoisotopic (exact) mass is 487 g/mol. The molecule has 0 atom stereocenters. The number of pyridine rings is 1. The molecule has 1 aliphatic heterocycles. The third-order valence-electron chi connectivity index (χ3n) is 4.19. The highest BCUT2D eigenvalue weighted by molar-refractivity contribution is 14.0. The summed E-state index contributed by atoms with van der Waals surface area (Å²) in [6.07, 6.45) is 0. The Morgan fingerprint density at radius 3 is 2.50 bits per heavy atom. The van der Waals surface area contributed by atoms with Crippen LogP contribution in [0.3, 0.4) is 0 Å². The van der Waals surface area contributed by atoms with Gasteiger partial charge in [-0.3, -0.25) is 0 Å². The normalized spacial score (nSPS) is 14.8. The molecule has 6 nitrogen and oxygen atoms in total. The molecule has 2 N–H and O–H groups in total. The van der Waals surface area contributed by atoms with Crippen molar-refractivity contribution in [3.63, 3.8) is 0 Å². The van der Waals surface area contributed by atoms with Crippen molar-refractivity contribution in [1.29, 1.82) is 0 Å². The van der Waals surface area contributed by atoms with Crippen LogP contribution in [0.15, 0.2) is 47.5 Å². The molecule has 2 heterocycles. The van der Waals surface area contributed by atoms with Crippen LogP contribution < -0.4 is 15.4 Å². The Morgan fingerprint density at radius 1 is 1.15 bits per heavy atom. The molecule has 0 aliphatic carbocycles. The molecular formula is C18H23ClIN5O. The quantitative estimate of drug-likeness (QED) is 0.408. The number of guanidine groups is 1. The van der Waals surface area contributed by atoms with Gasteiger partial charge in [0.25, 0.3) is 0 Å². The van der Waals surface area contributed by atoms with E-state index < -0.39 is 0 Å². The van der Waals surface area contributed by atoms with Gasteiger partial charge in [0.15, 0.2) is 5.96 Å². The van der Waals surface area contributed by atoms with E-state index in [9.17, 15) is 0 Å². The first kappa shape index (κ1) is 20.6. The van der Waals surface area contributed by atoms with Gasteiger partial charge in [-0.1, -0.05) is 17.7 Å². The highest BCUT2D eigenvalue weighted by atomic mass is 127. The minimum atomic E-state index is 0. The average molecular weight is 488 g/mol. The molecule has 1 fully saturated rings. The molecule has 0 radical (unpaired) electrons. The zero-order chi connectivity index (χ0) is 17.6. The first-order valence-corrected chi connectivity index (χ1v) is 8.59. The summed E-state index contributed by atoms with van der Waals surface area (Å²) < 4.78 is 5.12. The number of aromatic nitrogens is 1. The number of methoxy groups -OCH3 is 1. The molecule has 140 valence electrons. The third kappa shape index (κ3) is 5.38. The number of rotatable bonds is 4. The summed E-state index contributed by atoms with van der Waals surface area (Å²) in [5, 5.41) is 0.755. The Balaban J connectivity index is 0.00000243. The van der Waals surface area contributed by atoms with Crippen molar-refractivity contribution >= 4 is 47.2 Å². The van der Waals surface area contributed by atoms with Gasteiger partial charge >= 0.3 is 0 Å². The standard InChI is InChI=1S/C18H22ClN5O.HI/c1-25-17-4-2-3-15(22-17)13-21-18(20)24-11-9-23(10-12-24)16-7-5-14(19)6-8-16;/h2-8H,9-13H2,1H3,(H2,20,21);1H. The van der Waals surface area contributed by atoms with Crippen LogP contribution in [0.1, 0.15) is 5.69 Å². The number of anilines is 1. The van der Waals surface area contributed by atoms with Crippen LogP contribution in [-0.2, 0) is 6.54 Å². The van der Waals surface area contributed by atoms with Crippen LogP contribution in [0.25, 0.3) is 0 Å². The van der Waals surface area contributed by atoms with Gasteiger partial charge in [-0.2, -0.15) is 0 Å². The summed E-state index contributed by atoms with van der Waals surface area (Å²) in [6, 6.07) is 13.6. The fourth-order valence-electron chi connectivity index (χ4n) is 2.77. The number of aliphatic imine (C=N–C) groups is 1. The van der Waals surface area contributed by atoms with Crippen LogP contribution in [-0.4, -0.2) is 49.1 Å². The molecule has 1 aromatic heterocycles. The van der Waals surface area contributed by atoms with Crippen LogP contribution in [0.2, 0.25) is 5.02 Å². The van der Waals surface area contributed by atoms with Gasteiger partial charge in [0.2, 0.25) is 5.88 Å². The zero-order valence-corrected chi connectivity index (χ0v) is 17.7. The zero-order valence-electron chi connectivity index (χ0n) is 14.6. The molecule has 0 unspecified atom stereocenters. The summed E-state index contributed by atoms with van der Waals surface area (Å²) in [6.45, 7) is 3.91. The number of piperazine rings is 1. The van der Waals surface area contributed by atoms with Gasteiger partial charge in [-0.15, -0.1) is 24.0 Å².